The normalized spacial score (nSPS) is 37.6. The number of halogens is 1. The molecule has 1 aromatic carbocycles. The van der Waals surface area contributed by atoms with Crippen molar-refractivity contribution in [2.24, 2.45) is 51.2 Å². The highest BCUT2D eigenvalue weighted by molar-refractivity contribution is 5.78. The maximum Gasteiger partial charge on any atom is 0.315 e. The second-order valence-electron chi connectivity index (χ2n) is 21.4. The molecule has 58 heavy (non-hydrogen) atoms. The van der Waals surface area contributed by atoms with Crippen molar-refractivity contribution in [1.29, 1.82) is 0 Å². The number of benzene rings is 1. The SMILES string of the molecule is C=C(C)[C@@H]1CC[C@]2(NCCC3(O)CCOCC3)CC[C@]3(C)[C@H](CC[C@@H]4C[C@H](C(C)(C)/C(=C\CCC)C5=CC[C@](CF)(C(=O)OCc6ccccc6)CC5)CC[C@]43C)[C@@H]12. The zero-order chi connectivity index (χ0) is 41.4. The molecule has 1 aliphatic heterocycles. The first-order chi connectivity index (χ1) is 27.7. The van der Waals surface area contributed by atoms with Gasteiger partial charge in [-0.2, -0.15) is 0 Å². The van der Waals surface area contributed by atoms with E-state index >= 15 is 0 Å². The zero-order valence-corrected chi connectivity index (χ0v) is 37.2. The Bertz CT molecular complexity index is 1680. The summed E-state index contributed by atoms with van der Waals surface area (Å²) in [4.78, 5) is 13.4. The van der Waals surface area contributed by atoms with E-state index in [1.165, 1.54) is 74.5 Å². The van der Waals surface area contributed by atoms with E-state index in [1.807, 2.05) is 30.3 Å². The minimum Gasteiger partial charge on any atom is -0.460 e. The Balaban J connectivity index is 1.06. The number of carbonyl (C=O) groups excluding carboxylic acids is 1. The Morgan fingerprint density at radius 1 is 1.02 bits per heavy atom. The topological polar surface area (TPSA) is 67.8 Å². The van der Waals surface area contributed by atoms with Gasteiger partial charge in [0.05, 0.1) is 11.0 Å². The van der Waals surface area contributed by atoms with Gasteiger partial charge in [0.2, 0.25) is 0 Å². The van der Waals surface area contributed by atoms with Crippen LogP contribution in [-0.2, 0) is 20.9 Å². The molecule has 9 atom stereocenters. The molecular formula is C52H78FNO4. The summed E-state index contributed by atoms with van der Waals surface area (Å²) in [5, 5.41) is 15.5. The highest BCUT2D eigenvalue weighted by Gasteiger charge is 2.67. The molecule has 6 heteroatoms. The monoisotopic (exact) mass is 800 g/mol. The third kappa shape index (κ3) is 7.99. The summed E-state index contributed by atoms with van der Waals surface area (Å²) >= 11 is 0. The van der Waals surface area contributed by atoms with Crippen molar-refractivity contribution >= 4 is 5.97 Å². The molecular weight excluding hydrogens is 722 g/mol. The summed E-state index contributed by atoms with van der Waals surface area (Å²) < 4.78 is 26.2. The van der Waals surface area contributed by atoms with E-state index < -0.39 is 23.7 Å². The fourth-order valence-electron chi connectivity index (χ4n) is 14.1. The number of hydrogen-bond donors (Lipinski definition) is 2. The zero-order valence-electron chi connectivity index (χ0n) is 37.2. The first kappa shape index (κ1) is 43.8. The highest BCUT2D eigenvalue weighted by atomic mass is 19.1. The van der Waals surface area contributed by atoms with Crippen LogP contribution in [0.25, 0.3) is 0 Å². The van der Waals surface area contributed by atoms with Gasteiger partial charge >= 0.3 is 5.97 Å². The van der Waals surface area contributed by atoms with Crippen molar-refractivity contribution < 1.29 is 23.8 Å². The van der Waals surface area contributed by atoms with Crippen LogP contribution in [0.1, 0.15) is 156 Å². The van der Waals surface area contributed by atoms with Crippen molar-refractivity contribution in [1.82, 2.24) is 5.32 Å². The van der Waals surface area contributed by atoms with Gasteiger partial charge in [0.1, 0.15) is 13.3 Å². The van der Waals surface area contributed by atoms with Crippen molar-refractivity contribution in [2.45, 2.75) is 168 Å². The molecule has 4 saturated carbocycles. The molecule has 1 aromatic rings. The van der Waals surface area contributed by atoms with Gasteiger partial charge in [-0.1, -0.05) is 95.7 Å². The van der Waals surface area contributed by atoms with E-state index in [1.54, 1.807) is 0 Å². The summed E-state index contributed by atoms with van der Waals surface area (Å²) in [5.74, 6) is 2.72. The summed E-state index contributed by atoms with van der Waals surface area (Å²) in [6.07, 6.45) is 22.1. The number of unbranched alkanes of at least 4 members (excludes halogenated alkanes) is 1. The second kappa shape index (κ2) is 17.2. The van der Waals surface area contributed by atoms with Gasteiger partial charge in [0.15, 0.2) is 0 Å². The highest BCUT2D eigenvalue weighted by Crippen LogP contribution is 2.72. The number of rotatable bonds is 14. The number of esters is 1. The third-order valence-electron chi connectivity index (χ3n) is 18.3. The third-order valence-corrected chi connectivity index (χ3v) is 18.3. The number of alkyl halides is 1. The lowest BCUT2D eigenvalue weighted by molar-refractivity contribution is -0.176. The molecule has 5 aliphatic carbocycles. The molecule has 0 unspecified atom stereocenters. The van der Waals surface area contributed by atoms with Crippen molar-refractivity contribution in [2.75, 3.05) is 26.4 Å². The van der Waals surface area contributed by atoms with Gasteiger partial charge in [-0.25, -0.2) is 4.39 Å². The fourth-order valence-corrected chi connectivity index (χ4v) is 14.1. The fraction of sp³-hybridized carbons (Fsp3) is 0.750. The molecule has 0 aromatic heterocycles. The molecule has 0 spiro atoms. The van der Waals surface area contributed by atoms with E-state index in [0.29, 0.717) is 67.5 Å². The largest absolute Gasteiger partial charge is 0.460 e. The van der Waals surface area contributed by atoms with Crippen LogP contribution in [0.5, 0.6) is 0 Å². The lowest BCUT2D eigenvalue weighted by Crippen LogP contribution is -2.65. The maximum absolute atomic E-state index is 14.8. The van der Waals surface area contributed by atoms with Gasteiger partial charge in [0, 0.05) is 18.8 Å². The van der Waals surface area contributed by atoms with Gasteiger partial charge in [0.25, 0.3) is 0 Å². The van der Waals surface area contributed by atoms with Crippen LogP contribution in [0.4, 0.5) is 4.39 Å². The minimum atomic E-state index is -1.10. The lowest BCUT2D eigenvalue weighted by atomic mass is 9.38. The Morgan fingerprint density at radius 3 is 2.45 bits per heavy atom. The molecule has 6 aliphatic rings. The van der Waals surface area contributed by atoms with Crippen LogP contribution in [0.15, 0.2) is 65.8 Å². The predicted octanol–water partition coefficient (Wildman–Crippen LogP) is 12.0. The Morgan fingerprint density at radius 2 is 1.78 bits per heavy atom. The Hall–Kier alpha value is -2.28. The van der Waals surface area contributed by atoms with Crippen molar-refractivity contribution in [3.8, 4) is 0 Å². The average Bonchev–Trinajstić information content (AvgIpc) is 3.61. The van der Waals surface area contributed by atoms with Crippen LogP contribution in [0, 0.1) is 51.2 Å². The van der Waals surface area contributed by atoms with E-state index in [2.05, 4.69) is 65.6 Å². The second-order valence-corrected chi connectivity index (χ2v) is 21.4. The number of hydrogen-bond acceptors (Lipinski definition) is 5. The van der Waals surface area contributed by atoms with Crippen molar-refractivity contribution in [3.05, 3.63) is 71.3 Å². The minimum absolute atomic E-state index is 0.0136. The first-order valence-electron chi connectivity index (χ1n) is 23.5. The smallest absolute Gasteiger partial charge is 0.315 e. The summed E-state index contributed by atoms with van der Waals surface area (Å²) in [6, 6.07) is 9.70. The van der Waals surface area contributed by atoms with E-state index in [-0.39, 0.29) is 23.0 Å². The molecule has 2 N–H and O–H groups in total. The molecule has 0 bridgehead atoms. The van der Waals surface area contributed by atoms with Crippen molar-refractivity contribution in [3.63, 3.8) is 0 Å². The van der Waals surface area contributed by atoms with E-state index in [4.69, 9.17) is 9.47 Å². The van der Waals surface area contributed by atoms with Crippen LogP contribution >= 0.6 is 0 Å². The number of ether oxygens (including phenoxy) is 2. The molecule has 5 nitrogen and oxygen atoms in total. The van der Waals surface area contributed by atoms with Gasteiger partial charge in [-0.3, -0.25) is 4.79 Å². The number of carbonyl (C=O) groups is 1. The summed E-state index contributed by atoms with van der Waals surface area (Å²) in [6.45, 7) is 21.3. The molecule has 0 radical (unpaired) electrons. The molecule has 0 amide bonds. The van der Waals surface area contributed by atoms with Crippen LogP contribution in [-0.4, -0.2) is 48.6 Å². The number of aliphatic hydroxyl groups is 1. The quantitative estimate of drug-likeness (QED) is 0.145. The molecule has 7 rings (SSSR count). The van der Waals surface area contributed by atoms with Gasteiger partial charge in [-0.05, 0) is 179 Å². The average molecular weight is 800 g/mol. The molecule has 1 saturated heterocycles. The lowest BCUT2D eigenvalue weighted by Gasteiger charge is -2.68. The molecule has 322 valence electrons. The summed E-state index contributed by atoms with van der Waals surface area (Å²) in [5.41, 5.74) is 4.09. The van der Waals surface area contributed by atoms with Crippen LogP contribution in [0.2, 0.25) is 0 Å². The first-order valence-corrected chi connectivity index (χ1v) is 23.5. The molecule has 1 heterocycles. The Kier molecular flexibility index (Phi) is 13.0. The maximum atomic E-state index is 14.8. The number of nitrogens with one attached hydrogen (secondary N) is 1. The standard InChI is InChI=1S/C52H78FNO4/c1-8-9-15-43(39-18-23-50(36-53,24-19-39)46(55)58-35-38-13-11-10-12-14-38)47(4,5)40-20-22-48(6)41(34-40)16-17-44-45-42(37(2)3)21-25-52(45,27-26-49(44,48)7)54-31-28-51(56)29-32-57-33-30-51/h10-15,18,40-42,44-45,54,56H,2,8-9,16-17,19-36H2,1,3-7H3/b43-15-/t40-,41-,42+,44-,45-,48-,49-,50+,52+/m1/s1. The van der Waals surface area contributed by atoms with Gasteiger partial charge in [-0.15, -0.1) is 0 Å². The summed E-state index contributed by atoms with van der Waals surface area (Å²) in [7, 11) is 0. The number of allylic oxidation sites excluding steroid dienone is 5. The van der Waals surface area contributed by atoms with Crippen LogP contribution < -0.4 is 5.32 Å². The van der Waals surface area contributed by atoms with E-state index in [9.17, 15) is 14.3 Å². The van der Waals surface area contributed by atoms with Gasteiger partial charge < -0.3 is 19.9 Å². The molecule has 5 fully saturated rings. The Labute approximate surface area is 351 Å². The predicted molar refractivity (Wildman–Crippen MR) is 234 cm³/mol. The number of fused-ring (bicyclic) bond motifs is 5. The van der Waals surface area contributed by atoms with Crippen LogP contribution in [0.3, 0.4) is 0 Å². The van der Waals surface area contributed by atoms with E-state index in [0.717, 1.165) is 44.2 Å².